The van der Waals surface area contributed by atoms with Crippen LogP contribution in [0.2, 0.25) is 0 Å². The fraction of sp³-hybridized carbons (Fsp3) is 0.467. The number of carbonyl (C=O) groups excluding carboxylic acids is 1. The number of carboxylic acid groups (broad SMARTS) is 1. The number of hydrogen-bond donors (Lipinski definition) is 2. The lowest BCUT2D eigenvalue weighted by Gasteiger charge is -2.33. The second-order valence-corrected chi connectivity index (χ2v) is 6.25. The van der Waals surface area contributed by atoms with Gasteiger partial charge in [0, 0.05) is 30.6 Å². The zero-order chi connectivity index (χ0) is 15.2. The number of urea groups is 1. The molecule has 0 aliphatic carbocycles. The first-order chi connectivity index (χ1) is 10.1. The van der Waals surface area contributed by atoms with E-state index in [0.29, 0.717) is 12.1 Å². The van der Waals surface area contributed by atoms with Gasteiger partial charge in [0.1, 0.15) is 0 Å². The van der Waals surface area contributed by atoms with Crippen LogP contribution in [0.4, 0.5) is 4.79 Å². The Hall–Kier alpha value is -1.69. The van der Waals surface area contributed by atoms with Crippen LogP contribution >= 0.6 is 11.8 Å². The molecule has 2 atom stereocenters. The number of nitrogens with zero attached hydrogens (tertiary/aromatic N) is 1. The van der Waals surface area contributed by atoms with Gasteiger partial charge in [-0.2, -0.15) is 11.8 Å². The van der Waals surface area contributed by atoms with Crippen molar-refractivity contribution in [2.45, 2.75) is 18.9 Å². The van der Waals surface area contributed by atoms with Crippen LogP contribution in [0.5, 0.6) is 0 Å². The van der Waals surface area contributed by atoms with Gasteiger partial charge in [-0.1, -0.05) is 30.3 Å². The predicted molar refractivity (Wildman–Crippen MR) is 83.7 cm³/mol. The molecule has 2 unspecified atom stereocenters. The highest BCUT2D eigenvalue weighted by Crippen LogP contribution is 2.17. The van der Waals surface area contributed by atoms with Crippen molar-refractivity contribution in [2.24, 2.45) is 0 Å². The number of aliphatic carboxylic acids is 1. The Morgan fingerprint density at radius 1 is 1.43 bits per heavy atom. The van der Waals surface area contributed by atoms with Crippen LogP contribution in [0.15, 0.2) is 30.3 Å². The average molecular weight is 308 g/mol. The zero-order valence-corrected chi connectivity index (χ0v) is 12.8. The second-order valence-electron chi connectivity index (χ2n) is 5.10. The summed E-state index contributed by atoms with van der Waals surface area (Å²) in [7, 11) is 0. The molecular weight excluding hydrogens is 288 g/mol. The van der Waals surface area contributed by atoms with Crippen LogP contribution in [0, 0.1) is 0 Å². The molecule has 6 heteroatoms. The van der Waals surface area contributed by atoms with E-state index >= 15 is 0 Å². The van der Waals surface area contributed by atoms with E-state index in [2.05, 4.69) is 5.32 Å². The Morgan fingerprint density at radius 2 is 2.14 bits per heavy atom. The highest BCUT2D eigenvalue weighted by molar-refractivity contribution is 7.99. The molecule has 5 nitrogen and oxygen atoms in total. The molecule has 2 N–H and O–H groups in total. The van der Waals surface area contributed by atoms with Gasteiger partial charge in [0.15, 0.2) is 0 Å². The highest BCUT2D eigenvalue weighted by atomic mass is 32.2. The van der Waals surface area contributed by atoms with Gasteiger partial charge in [-0.25, -0.2) is 4.79 Å². The standard InChI is InChI=1S/C15H20N2O3S/c1-11-10-21-8-7-17(11)15(20)16-9-13(14(18)19)12-5-3-2-4-6-12/h2-6,11,13H,7-10H2,1H3,(H,16,20)(H,18,19). The summed E-state index contributed by atoms with van der Waals surface area (Å²) in [6.45, 7) is 2.83. The van der Waals surface area contributed by atoms with E-state index in [1.54, 1.807) is 29.2 Å². The molecule has 1 fully saturated rings. The van der Waals surface area contributed by atoms with E-state index in [1.807, 2.05) is 24.8 Å². The third-order valence-electron chi connectivity index (χ3n) is 3.59. The molecule has 2 amide bonds. The van der Waals surface area contributed by atoms with Crippen molar-refractivity contribution >= 4 is 23.8 Å². The zero-order valence-electron chi connectivity index (χ0n) is 12.0. The van der Waals surface area contributed by atoms with Crippen LogP contribution < -0.4 is 5.32 Å². The quantitative estimate of drug-likeness (QED) is 0.892. The molecular formula is C15H20N2O3S. The summed E-state index contributed by atoms with van der Waals surface area (Å²) in [6.07, 6.45) is 0. The lowest BCUT2D eigenvalue weighted by molar-refractivity contribution is -0.138. The van der Waals surface area contributed by atoms with Gasteiger partial charge in [-0.15, -0.1) is 0 Å². The van der Waals surface area contributed by atoms with Crippen molar-refractivity contribution in [3.8, 4) is 0 Å². The lowest BCUT2D eigenvalue weighted by Crippen LogP contribution is -2.50. The lowest BCUT2D eigenvalue weighted by atomic mass is 9.99. The minimum absolute atomic E-state index is 0.106. The maximum Gasteiger partial charge on any atom is 0.317 e. The molecule has 1 aliphatic heterocycles. The number of carboxylic acids is 1. The molecule has 1 aromatic carbocycles. The minimum atomic E-state index is -0.927. The third-order valence-corrected chi connectivity index (χ3v) is 4.78. The fourth-order valence-electron chi connectivity index (χ4n) is 2.35. The molecule has 2 rings (SSSR count). The average Bonchev–Trinajstić information content (AvgIpc) is 2.48. The van der Waals surface area contributed by atoms with E-state index in [4.69, 9.17) is 0 Å². The number of rotatable bonds is 4. The van der Waals surface area contributed by atoms with Crippen molar-refractivity contribution in [1.29, 1.82) is 0 Å². The van der Waals surface area contributed by atoms with Crippen molar-refractivity contribution in [3.63, 3.8) is 0 Å². The molecule has 1 heterocycles. The molecule has 21 heavy (non-hydrogen) atoms. The summed E-state index contributed by atoms with van der Waals surface area (Å²) in [5, 5.41) is 12.1. The van der Waals surface area contributed by atoms with E-state index in [-0.39, 0.29) is 18.6 Å². The maximum absolute atomic E-state index is 12.2. The Morgan fingerprint density at radius 3 is 2.76 bits per heavy atom. The number of benzene rings is 1. The Kier molecular flexibility index (Phi) is 5.50. The molecule has 0 spiro atoms. The van der Waals surface area contributed by atoms with Crippen LogP contribution in [0.25, 0.3) is 0 Å². The fourth-order valence-corrected chi connectivity index (χ4v) is 3.37. The summed E-state index contributed by atoms with van der Waals surface area (Å²) in [5.41, 5.74) is 0.701. The minimum Gasteiger partial charge on any atom is -0.481 e. The number of amides is 2. The van der Waals surface area contributed by atoms with Gasteiger partial charge in [0.25, 0.3) is 0 Å². The first-order valence-electron chi connectivity index (χ1n) is 6.99. The van der Waals surface area contributed by atoms with E-state index in [0.717, 1.165) is 11.5 Å². The van der Waals surface area contributed by atoms with Crippen LogP contribution in [0.3, 0.4) is 0 Å². The van der Waals surface area contributed by atoms with Crippen molar-refractivity contribution in [3.05, 3.63) is 35.9 Å². The smallest absolute Gasteiger partial charge is 0.317 e. The Bertz CT molecular complexity index is 495. The highest BCUT2D eigenvalue weighted by Gasteiger charge is 2.26. The largest absolute Gasteiger partial charge is 0.481 e. The molecule has 0 bridgehead atoms. The number of carbonyl (C=O) groups is 2. The van der Waals surface area contributed by atoms with Gasteiger partial charge < -0.3 is 15.3 Å². The number of nitrogens with one attached hydrogen (secondary N) is 1. The molecule has 0 saturated carbocycles. The summed E-state index contributed by atoms with van der Waals surface area (Å²) >= 11 is 1.83. The number of thioether (sulfide) groups is 1. The van der Waals surface area contributed by atoms with Gasteiger partial charge in [0.2, 0.25) is 0 Å². The van der Waals surface area contributed by atoms with Gasteiger partial charge >= 0.3 is 12.0 Å². The van der Waals surface area contributed by atoms with Crippen LogP contribution in [0.1, 0.15) is 18.4 Å². The first kappa shape index (κ1) is 15.7. The monoisotopic (exact) mass is 308 g/mol. The molecule has 0 radical (unpaired) electrons. The Balaban J connectivity index is 1.96. The van der Waals surface area contributed by atoms with Crippen molar-refractivity contribution < 1.29 is 14.7 Å². The van der Waals surface area contributed by atoms with Gasteiger partial charge in [0.05, 0.1) is 5.92 Å². The third kappa shape index (κ3) is 4.14. The van der Waals surface area contributed by atoms with Gasteiger partial charge in [-0.05, 0) is 12.5 Å². The second kappa shape index (κ2) is 7.36. The van der Waals surface area contributed by atoms with E-state index in [1.165, 1.54) is 0 Å². The van der Waals surface area contributed by atoms with E-state index in [9.17, 15) is 14.7 Å². The van der Waals surface area contributed by atoms with Crippen molar-refractivity contribution in [1.82, 2.24) is 10.2 Å². The summed E-state index contributed by atoms with van der Waals surface area (Å²) < 4.78 is 0. The molecule has 0 aromatic heterocycles. The summed E-state index contributed by atoms with van der Waals surface area (Å²) in [5.74, 6) is 0.209. The SMILES string of the molecule is CC1CSCCN1C(=O)NCC(C(=O)O)c1ccccc1. The predicted octanol–water partition coefficient (Wildman–Crippen LogP) is 2.00. The van der Waals surface area contributed by atoms with Crippen LogP contribution in [-0.4, -0.2) is 52.6 Å². The van der Waals surface area contributed by atoms with Crippen LogP contribution in [-0.2, 0) is 4.79 Å². The number of hydrogen-bond acceptors (Lipinski definition) is 3. The first-order valence-corrected chi connectivity index (χ1v) is 8.15. The summed E-state index contributed by atoms with van der Waals surface area (Å²) in [6, 6.07) is 8.99. The molecule has 114 valence electrons. The Labute approximate surface area is 128 Å². The van der Waals surface area contributed by atoms with Crippen molar-refractivity contribution in [2.75, 3.05) is 24.6 Å². The molecule has 1 saturated heterocycles. The normalized spacial score (nSPS) is 19.9. The summed E-state index contributed by atoms with van der Waals surface area (Å²) in [4.78, 5) is 25.3. The topological polar surface area (TPSA) is 69.6 Å². The van der Waals surface area contributed by atoms with E-state index < -0.39 is 11.9 Å². The molecule has 1 aromatic rings. The molecule has 1 aliphatic rings. The maximum atomic E-state index is 12.2. The van der Waals surface area contributed by atoms with Gasteiger partial charge in [-0.3, -0.25) is 4.79 Å².